The minimum atomic E-state index is -3.85. The predicted octanol–water partition coefficient (Wildman–Crippen LogP) is 2.56. The van der Waals surface area contributed by atoms with Crippen molar-refractivity contribution in [2.45, 2.75) is 48.9 Å². The molecular formula is C19H25NO7S2. The van der Waals surface area contributed by atoms with E-state index in [1.807, 2.05) is 0 Å². The Morgan fingerprint density at radius 3 is 2.28 bits per heavy atom. The molecule has 8 nitrogen and oxygen atoms in total. The number of carbonyl (C=O) groups is 1. The van der Waals surface area contributed by atoms with Crippen LogP contribution in [-0.2, 0) is 28.9 Å². The molecule has 10 heteroatoms. The van der Waals surface area contributed by atoms with Gasteiger partial charge in [0.15, 0.2) is 9.84 Å². The van der Waals surface area contributed by atoms with E-state index in [4.69, 9.17) is 8.92 Å². The normalized spacial score (nSPS) is 20.6. The summed E-state index contributed by atoms with van der Waals surface area (Å²) in [5, 5.41) is 0. The number of rotatable bonds is 2. The van der Waals surface area contributed by atoms with Gasteiger partial charge in [0.1, 0.15) is 16.1 Å². The standard InChI is InChI=1S/C19H25NO7S2/c1-18(2,3)26-17(21)20-11-9-19(10-12-20)13-15(27-28(4,22)23)14-7-5-6-8-16(14)29(19,24)25/h5-8,13H,9-12H2,1-4H3. The van der Waals surface area contributed by atoms with E-state index < -0.39 is 36.4 Å². The third-order valence-corrected chi connectivity index (χ3v) is 7.89. The molecule has 0 N–H and O–H groups in total. The zero-order valence-electron chi connectivity index (χ0n) is 16.8. The van der Waals surface area contributed by atoms with Gasteiger partial charge in [-0.1, -0.05) is 12.1 Å². The Balaban J connectivity index is 1.97. The van der Waals surface area contributed by atoms with Crippen molar-refractivity contribution in [1.29, 1.82) is 0 Å². The van der Waals surface area contributed by atoms with E-state index in [2.05, 4.69) is 0 Å². The van der Waals surface area contributed by atoms with Gasteiger partial charge >= 0.3 is 16.2 Å². The number of amides is 1. The molecular weight excluding hydrogens is 418 g/mol. The number of hydrogen-bond donors (Lipinski definition) is 0. The minimum absolute atomic E-state index is 0.00337. The van der Waals surface area contributed by atoms with Crippen molar-refractivity contribution in [3.63, 3.8) is 0 Å². The summed E-state index contributed by atoms with van der Waals surface area (Å²) >= 11 is 0. The maximum absolute atomic E-state index is 13.4. The van der Waals surface area contributed by atoms with E-state index in [1.54, 1.807) is 32.9 Å². The van der Waals surface area contributed by atoms with Crippen molar-refractivity contribution in [2.24, 2.45) is 0 Å². The summed E-state index contributed by atoms with van der Waals surface area (Å²) in [6, 6.07) is 6.18. The molecule has 2 heterocycles. The Morgan fingerprint density at radius 2 is 1.72 bits per heavy atom. The molecule has 1 fully saturated rings. The zero-order valence-corrected chi connectivity index (χ0v) is 18.5. The minimum Gasteiger partial charge on any atom is -0.444 e. The van der Waals surface area contributed by atoms with Crippen LogP contribution in [-0.4, -0.2) is 57.5 Å². The van der Waals surface area contributed by atoms with Crippen LogP contribution in [0.25, 0.3) is 5.76 Å². The van der Waals surface area contributed by atoms with Gasteiger partial charge in [0.05, 0.1) is 11.2 Å². The molecule has 0 atom stereocenters. The molecule has 160 valence electrons. The highest BCUT2D eigenvalue weighted by Crippen LogP contribution is 2.45. The van der Waals surface area contributed by atoms with Crippen LogP contribution in [0.15, 0.2) is 35.2 Å². The van der Waals surface area contributed by atoms with E-state index in [0.29, 0.717) is 0 Å². The van der Waals surface area contributed by atoms with Crippen LogP contribution in [0.4, 0.5) is 4.79 Å². The van der Waals surface area contributed by atoms with Gasteiger partial charge in [-0.3, -0.25) is 0 Å². The maximum Gasteiger partial charge on any atom is 0.410 e. The van der Waals surface area contributed by atoms with E-state index in [-0.39, 0.29) is 42.1 Å². The first kappa shape index (κ1) is 21.6. The second-order valence-corrected chi connectivity index (χ2v) is 12.2. The summed E-state index contributed by atoms with van der Waals surface area (Å²) in [5.74, 6) is 0.00337. The van der Waals surface area contributed by atoms with Crippen LogP contribution >= 0.6 is 0 Å². The molecule has 3 rings (SSSR count). The Bertz CT molecular complexity index is 1060. The fourth-order valence-corrected chi connectivity index (χ4v) is 6.16. The number of piperidine rings is 1. The highest BCUT2D eigenvalue weighted by atomic mass is 32.2. The van der Waals surface area contributed by atoms with Crippen molar-refractivity contribution in [3.05, 3.63) is 35.9 Å². The molecule has 0 aromatic heterocycles. The largest absolute Gasteiger partial charge is 0.444 e. The average Bonchev–Trinajstić information content (AvgIpc) is 2.58. The lowest BCUT2D eigenvalue weighted by Crippen LogP contribution is -2.51. The summed E-state index contributed by atoms with van der Waals surface area (Å²) in [7, 11) is -7.66. The van der Waals surface area contributed by atoms with Crippen LogP contribution in [0.3, 0.4) is 0 Å². The Kier molecular flexibility index (Phi) is 5.23. The number of benzene rings is 1. The summed E-state index contributed by atoms with van der Waals surface area (Å²) in [4.78, 5) is 13.8. The number of hydrogen-bond acceptors (Lipinski definition) is 7. The van der Waals surface area contributed by atoms with Crippen LogP contribution < -0.4 is 0 Å². The highest BCUT2D eigenvalue weighted by molar-refractivity contribution is 7.93. The van der Waals surface area contributed by atoms with Gasteiger partial charge in [-0.05, 0) is 51.8 Å². The average molecular weight is 444 g/mol. The molecule has 1 aromatic carbocycles. The van der Waals surface area contributed by atoms with Crippen molar-refractivity contribution in [3.8, 4) is 0 Å². The lowest BCUT2D eigenvalue weighted by Gasteiger charge is -2.41. The maximum atomic E-state index is 13.4. The summed E-state index contributed by atoms with van der Waals surface area (Å²) in [6.07, 6.45) is 2.02. The molecule has 2 aliphatic heterocycles. The van der Waals surface area contributed by atoms with Crippen molar-refractivity contribution in [2.75, 3.05) is 19.3 Å². The lowest BCUT2D eigenvalue weighted by molar-refractivity contribution is 0.0204. The van der Waals surface area contributed by atoms with Gasteiger partial charge in [-0.2, -0.15) is 8.42 Å². The van der Waals surface area contributed by atoms with Crippen molar-refractivity contribution >= 4 is 31.8 Å². The van der Waals surface area contributed by atoms with E-state index in [0.717, 1.165) is 6.26 Å². The van der Waals surface area contributed by atoms with Gasteiger partial charge in [-0.15, -0.1) is 0 Å². The number of sulfone groups is 1. The molecule has 1 aromatic rings. The smallest absolute Gasteiger partial charge is 0.410 e. The van der Waals surface area contributed by atoms with Crippen molar-refractivity contribution < 1.29 is 30.6 Å². The molecule has 0 radical (unpaired) electrons. The third-order valence-electron chi connectivity index (χ3n) is 4.87. The van der Waals surface area contributed by atoms with Gasteiger partial charge in [0.25, 0.3) is 0 Å². The number of nitrogens with zero attached hydrogens (tertiary/aromatic N) is 1. The zero-order chi connectivity index (χ0) is 21.7. The van der Waals surface area contributed by atoms with E-state index >= 15 is 0 Å². The quantitative estimate of drug-likeness (QED) is 0.647. The SMILES string of the molecule is CC(C)(C)OC(=O)N1CCC2(C=C(OS(C)(=O)=O)c3ccccc3S2(=O)=O)CC1. The first-order valence-corrected chi connectivity index (χ1v) is 12.5. The van der Waals surface area contributed by atoms with E-state index in [9.17, 15) is 21.6 Å². The monoisotopic (exact) mass is 443 g/mol. The van der Waals surface area contributed by atoms with E-state index in [1.165, 1.54) is 23.1 Å². The van der Waals surface area contributed by atoms with Gasteiger partial charge < -0.3 is 13.8 Å². The molecule has 29 heavy (non-hydrogen) atoms. The number of fused-ring (bicyclic) bond motifs is 1. The molecule has 0 saturated carbocycles. The second kappa shape index (κ2) is 7.02. The topological polar surface area (TPSA) is 107 Å². The highest BCUT2D eigenvalue weighted by Gasteiger charge is 2.50. The fourth-order valence-electron chi connectivity index (χ4n) is 3.56. The third kappa shape index (κ3) is 4.28. The summed E-state index contributed by atoms with van der Waals surface area (Å²) in [6.45, 7) is 5.61. The van der Waals surface area contributed by atoms with Gasteiger partial charge in [-0.25, -0.2) is 13.2 Å². The number of ether oxygens (including phenoxy) is 1. The molecule has 2 aliphatic rings. The summed E-state index contributed by atoms with van der Waals surface area (Å²) in [5.41, 5.74) is -0.434. The van der Waals surface area contributed by atoms with Crippen LogP contribution in [0.5, 0.6) is 0 Å². The van der Waals surface area contributed by atoms with Crippen LogP contribution in [0.2, 0.25) is 0 Å². The lowest BCUT2D eigenvalue weighted by atomic mass is 9.93. The Labute approximate surface area is 171 Å². The van der Waals surface area contributed by atoms with Crippen LogP contribution in [0, 0.1) is 0 Å². The molecule has 0 bridgehead atoms. The summed E-state index contributed by atoms with van der Waals surface area (Å²) < 4.78 is 59.4. The fraction of sp³-hybridized carbons (Fsp3) is 0.526. The Hall–Kier alpha value is -2.07. The second-order valence-electron chi connectivity index (χ2n) is 8.33. The van der Waals surface area contributed by atoms with Crippen LogP contribution in [0.1, 0.15) is 39.2 Å². The molecule has 1 saturated heterocycles. The number of carbonyl (C=O) groups excluding carboxylic acids is 1. The molecule has 1 amide bonds. The molecule has 0 unspecified atom stereocenters. The van der Waals surface area contributed by atoms with Gasteiger partial charge in [0, 0.05) is 18.7 Å². The number of likely N-dealkylation sites (tertiary alicyclic amines) is 1. The first-order chi connectivity index (χ1) is 13.2. The first-order valence-electron chi connectivity index (χ1n) is 9.18. The molecule has 0 aliphatic carbocycles. The molecule has 1 spiro atoms. The Morgan fingerprint density at radius 1 is 1.14 bits per heavy atom. The van der Waals surface area contributed by atoms with Gasteiger partial charge in [0.2, 0.25) is 0 Å². The predicted molar refractivity (Wildman–Crippen MR) is 107 cm³/mol. The van der Waals surface area contributed by atoms with Crippen molar-refractivity contribution in [1.82, 2.24) is 4.90 Å².